The molecule has 2 aromatic rings. The zero-order chi connectivity index (χ0) is 31.6. The predicted octanol–water partition coefficient (Wildman–Crippen LogP) is 13.4. The van der Waals surface area contributed by atoms with Crippen LogP contribution in [0.15, 0.2) is 60.7 Å². The summed E-state index contributed by atoms with van der Waals surface area (Å²) in [5.41, 5.74) is 2.85. The smallest absolute Gasteiger partial charge is 0.0146 e. The van der Waals surface area contributed by atoms with Gasteiger partial charge in [-0.25, -0.2) is 0 Å². The van der Waals surface area contributed by atoms with Gasteiger partial charge in [-0.3, -0.25) is 0 Å². The quantitative estimate of drug-likeness (QED) is 0.0479. The maximum Gasteiger partial charge on any atom is 0.0146 e. The Kier molecular flexibility index (Phi) is 24.4. The van der Waals surface area contributed by atoms with Gasteiger partial charge in [0.25, 0.3) is 0 Å². The molecule has 0 aromatic heterocycles. The van der Waals surface area contributed by atoms with E-state index in [1.807, 2.05) is 0 Å². The van der Waals surface area contributed by atoms with Crippen LogP contribution < -0.4 is 0 Å². The first-order valence-electron chi connectivity index (χ1n) is 18.3. The molecular weight excluding hydrogens is 609 g/mol. The summed E-state index contributed by atoms with van der Waals surface area (Å²) in [5.74, 6) is 3.26. The molecule has 0 heterocycles. The van der Waals surface area contributed by atoms with E-state index in [-0.39, 0.29) is 5.41 Å². The molecule has 0 fully saturated rings. The molecule has 0 amide bonds. The average Bonchev–Trinajstić information content (AvgIpc) is 3.06. The summed E-state index contributed by atoms with van der Waals surface area (Å²) in [6.45, 7) is 0. The highest BCUT2D eigenvalue weighted by Gasteiger charge is 2.44. The van der Waals surface area contributed by atoms with Crippen LogP contribution in [0.1, 0.15) is 158 Å². The summed E-state index contributed by atoms with van der Waals surface area (Å²) in [6.07, 6.45) is 29.4. The monoisotopic (exact) mass is 674 g/mol. The lowest BCUT2D eigenvalue weighted by atomic mass is 9.62. The minimum absolute atomic E-state index is 0.0204. The fourth-order valence-electron chi connectivity index (χ4n) is 7.18. The lowest BCUT2D eigenvalue weighted by Crippen LogP contribution is -2.43. The van der Waals surface area contributed by atoms with Crippen LogP contribution in [0.25, 0.3) is 0 Å². The fraction of sp³-hybridized carbons (Fsp3) is 0.700. The second-order valence-electron chi connectivity index (χ2n) is 13.1. The van der Waals surface area contributed by atoms with Gasteiger partial charge in [0.1, 0.15) is 0 Å². The molecule has 250 valence electrons. The molecule has 0 saturated heterocycles. The number of hydrogen-bond acceptors (Lipinski definition) is 4. The van der Waals surface area contributed by atoms with Crippen molar-refractivity contribution in [3.8, 4) is 0 Å². The molecule has 0 bridgehead atoms. The second-order valence-corrected chi connectivity index (χ2v) is 15.0. The van der Waals surface area contributed by atoms with Crippen molar-refractivity contribution in [3.05, 3.63) is 71.8 Å². The molecule has 44 heavy (non-hydrogen) atoms. The van der Waals surface area contributed by atoms with Crippen molar-refractivity contribution >= 4 is 50.5 Å². The Hall–Kier alpha value is -0.160. The second kappa shape index (κ2) is 26.9. The van der Waals surface area contributed by atoms with E-state index in [1.54, 1.807) is 0 Å². The van der Waals surface area contributed by atoms with Crippen molar-refractivity contribution in [2.24, 2.45) is 0 Å². The van der Waals surface area contributed by atoms with Crippen LogP contribution >= 0.6 is 50.5 Å². The van der Waals surface area contributed by atoms with Crippen LogP contribution in [0.4, 0.5) is 0 Å². The van der Waals surface area contributed by atoms with Gasteiger partial charge in [0.05, 0.1) is 0 Å². The Morgan fingerprint density at radius 1 is 0.455 bits per heavy atom. The molecule has 0 radical (unpaired) electrons. The zero-order valence-corrected chi connectivity index (χ0v) is 31.5. The third-order valence-electron chi connectivity index (χ3n) is 9.80. The minimum Gasteiger partial charge on any atom is -0.179 e. The van der Waals surface area contributed by atoms with Crippen LogP contribution in [0.2, 0.25) is 0 Å². The van der Waals surface area contributed by atoms with Crippen LogP contribution in [0, 0.1) is 0 Å². The van der Waals surface area contributed by atoms with E-state index >= 15 is 0 Å². The molecular formula is C40H66S4. The zero-order valence-electron chi connectivity index (χ0n) is 27.9. The predicted molar refractivity (Wildman–Crippen MR) is 213 cm³/mol. The summed E-state index contributed by atoms with van der Waals surface area (Å²) >= 11 is 19.2. The van der Waals surface area contributed by atoms with Gasteiger partial charge in [0.2, 0.25) is 0 Å². The third kappa shape index (κ3) is 15.6. The highest BCUT2D eigenvalue weighted by Crippen LogP contribution is 2.49. The lowest BCUT2D eigenvalue weighted by Gasteiger charge is -2.46. The molecule has 0 aliphatic rings. The van der Waals surface area contributed by atoms with E-state index in [9.17, 15) is 0 Å². The Bertz CT molecular complexity index is 889. The van der Waals surface area contributed by atoms with Gasteiger partial charge in [-0.2, -0.15) is 50.5 Å². The number of unbranched alkanes of at least 4 members (excludes halogenated alkanes) is 18. The summed E-state index contributed by atoms with van der Waals surface area (Å²) in [7, 11) is 0. The molecule has 4 heteroatoms. The molecule has 3 atom stereocenters. The molecule has 0 aliphatic heterocycles. The van der Waals surface area contributed by atoms with Crippen molar-refractivity contribution < 1.29 is 0 Å². The molecule has 0 spiro atoms. The van der Waals surface area contributed by atoms with Gasteiger partial charge in [-0.05, 0) is 54.1 Å². The van der Waals surface area contributed by atoms with Crippen LogP contribution in [0.3, 0.4) is 0 Å². The SMILES string of the molecule is SCCCCCCCCCCCCC(S)C(CCCCCCCCCCCCS)(c1ccccc1)C(CS)c1ccccc1. The van der Waals surface area contributed by atoms with Crippen molar-refractivity contribution in [1.29, 1.82) is 0 Å². The molecule has 2 rings (SSSR count). The summed E-state index contributed by atoms with van der Waals surface area (Å²) in [4.78, 5) is 0. The highest BCUT2D eigenvalue weighted by atomic mass is 32.1. The van der Waals surface area contributed by atoms with Gasteiger partial charge < -0.3 is 0 Å². The summed E-state index contributed by atoms with van der Waals surface area (Å²) in [5, 5.41) is 0.311. The Morgan fingerprint density at radius 2 is 0.841 bits per heavy atom. The largest absolute Gasteiger partial charge is 0.179 e. The topological polar surface area (TPSA) is 0 Å². The first-order chi connectivity index (χ1) is 21.7. The van der Waals surface area contributed by atoms with E-state index < -0.39 is 0 Å². The maximum absolute atomic E-state index is 5.53. The number of thiol groups is 4. The Labute approximate surface area is 295 Å². The first kappa shape index (κ1) is 40.0. The molecule has 0 nitrogen and oxygen atoms in total. The Balaban J connectivity index is 2.00. The van der Waals surface area contributed by atoms with Gasteiger partial charge in [0.15, 0.2) is 0 Å². The Morgan fingerprint density at radius 3 is 1.27 bits per heavy atom. The van der Waals surface area contributed by atoms with Crippen molar-refractivity contribution in [3.63, 3.8) is 0 Å². The first-order valence-corrected chi connectivity index (χ1v) is 20.7. The lowest BCUT2D eigenvalue weighted by molar-refractivity contribution is 0.299. The van der Waals surface area contributed by atoms with Crippen LogP contribution in [-0.2, 0) is 5.41 Å². The molecule has 3 unspecified atom stereocenters. The van der Waals surface area contributed by atoms with Gasteiger partial charge in [-0.1, -0.05) is 176 Å². The van der Waals surface area contributed by atoms with Crippen molar-refractivity contribution in [2.75, 3.05) is 17.3 Å². The summed E-state index contributed by atoms with van der Waals surface area (Å²) < 4.78 is 0. The van der Waals surface area contributed by atoms with E-state index in [2.05, 4.69) is 85.9 Å². The number of benzene rings is 2. The number of rotatable bonds is 29. The van der Waals surface area contributed by atoms with Gasteiger partial charge >= 0.3 is 0 Å². The molecule has 0 aliphatic carbocycles. The van der Waals surface area contributed by atoms with E-state index in [0.29, 0.717) is 11.2 Å². The van der Waals surface area contributed by atoms with Crippen molar-refractivity contribution in [2.45, 2.75) is 158 Å². The third-order valence-corrected chi connectivity index (χ3v) is 11.5. The molecule has 2 aromatic carbocycles. The highest BCUT2D eigenvalue weighted by molar-refractivity contribution is 7.81. The fourth-order valence-corrected chi connectivity index (χ4v) is 8.80. The molecule has 0 N–H and O–H groups in total. The standard InChI is InChI=1S/C40H66S4/c41-33-25-15-11-7-3-1-5-9-13-23-31-39(44)40(37-29-21-18-22-30-37,38(35-43)36-27-19-17-20-28-36)32-24-14-10-6-2-4-8-12-16-26-34-42/h17-22,27-30,38-39,41-44H,1-16,23-26,31-35H2. The van der Waals surface area contributed by atoms with Crippen molar-refractivity contribution in [1.82, 2.24) is 0 Å². The van der Waals surface area contributed by atoms with Gasteiger partial charge in [0, 0.05) is 16.6 Å². The van der Waals surface area contributed by atoms with E-state index in [1.165, 1.54) is 152 Å². The maximum atomic E-state index is 5.53. The average molecular weight is 675 g/mol. The number of hydrogen-bond donors (Lipinski definition) is 4. The normalized spacial score (nSPS) is 14.4. The minimum atomic E-state index is -0.0204. The summed E-state index contributed by atoms with van der Waals surface area (Å²) in [6, 6.07) is 22.6. The van der Waals surface area contributed by atoms with Crippen LogP contribution in [-0.4, -0.2) is 22.5 Å². The van der Waals surface area contributed by atoms with E-state index in [4.69, 9.17) is 25.3 Å². The van der Waals surface area contributed by atoms with Crippen LogP contribution in [0.5, 0.6) is 0 Å². The van der Waals surface area contributed by atoms with Gasteiger partial charge in [-0.15, -0.1) is 0 Å². The van der Waals surface area contributed by atoms with E-state index in [0.717, 1.165) is 17.3 Å². The molecule has 0 saturated carbocycles.